The van der Waals surface area contributed by atoms with Crippen LogP contribution in [0.3, 0.4) is 0 Å². The van der Waals surface area contributed by atoms with Gasteiger partial charge in [0.15, 0.2) is 0 Å². The molecule has 18 heavy (non-hydrogen) atoms. The minimum absolute atomic E-state index is 0.386. The van der Waals surface area contributed by atoms with Crippen molar-refractivity contribution in [1.29, 1.82) is 0 Å². The highest BCUT2D eigenvalue weighted by Gasteiger charge is 2.19. The Morgan fingerprint density at radius 3 is 2.67 bits per heavy atom. The van der Waals surface area contributed by atoms with E-state index in [1.54, 1.807) is 0 Å². The first-order chi connectivity index (χ1) is 8.58. The molecule has 0 radical (unpaired) electrons. The fourth-order valence-corrected chi connectivity index (χ4v) is 2.36. The zero-order valence-corrected chi connectivity index (χ0v) is 12.7. The number of ether oxygens (including phenoxy) is 1. The summed E-state index contributed by atoms with van der Waals surface area (Å²) < 4.78 is 5.81. The van der Waals surface area contributed by atoms with Gasteiger partial charge in [0.05, 0.1) is 12.7 Å². The Balaban J connectivity index is 2.11. The summed E-state index contributed by atoms with van der Waals surface area (Å²) in [4.78, 5) is 2.56. The molecule has 1 N–H and O–H groups in total. The minimum Gasteiger partial charge on any atom is -0.374 e. The highest BCUT2D eigenvalue weighted by atomic mass is 16.5. The van der Waals surface area contributed by atoms with Gasteiger partial charge in [-0.15, -0.1) is 0 Å². The van der Waals surface area contributed by atoms with Gasteiger partial charge in [-0.05, 0) is 37.8 Å². The van der Waals surface area contributed by atoms with Crippen molar-refractivity contribution in [3.8, 4) is 0 Å². The third kappa shape index (κ3) is 7.34. The lowest BCUT2D eigenvalue weighted by Gasteiger charge is -2.33. The molecule has 0 aromatic carbocycles. The number of nitrogens with zero attached hydrogens (tertiary/aromatic N) is 1. The molecule has 1 fully saturated rings. The van der Waals surface area contributed by atoms with Gasteiger partial charge in [-0.1, -0.05) is 27.7 Å². The van der Waals surface area contributed by atoms with Crippen molar-refractivity contribution in [2.45, 2.75) is 46.6 Å². The van der Waals surface area contributed by atoms with E-state index >= 15 is 0 Å². The zero-order chi connectivity index (χ0) is 13.4. The van der Waals surface area contributed by atoms with Crippen molar-refractivity contribution >= 4 is 0 Å². The maximum atomic E-state index is 5.81. The fraction of sp³-hybridized carbons (Fsp3) is 1.00. The van der Waals surface area contributed by atoms with E-state index in [1.807, 2.05) is 0 Å². The van der Waals surface area contributed by atoms with Crippen molar-refractivity contribution in [2.24, 2.45) is 11.8 Å². The second-order valence-corrected chi connectivity index (χ2v) is 6.38. The molecule has 0 unspecified atom stereocenters. The minimum atomic E-state index is 0.386. The molecule has 1 aliphatic rings. The molecule has 108 valence electrons. The van der Waals surface area contributed by atoms with Crippen LogP contribution in [0.2, 0.25) is 0 Å². The van der Waals surface area contributed by atoms with E-state index in [2.05, 4.69) is 37.9 Å². The van der Waals surface area contributed by atoms with Gasteiger partial charge in [-0.25, -0.2) is 0 Å². The monoisotopic (exact) mass is 256 g/mol. The van der Waals surface area contributed by atoms with Crippen LogP contribution in [0, 0.1) is 11.8 Å². The lowest BCUT2D eigenvalue weighted by molar-refractivity contribution is -0.0277. The van der Waals surface area contributed by atoms with E-state index in [4.69, 9.17) is 4.74 Å². The highest BCUT2D eigenvalue weighted by Crippen LogP contribution is 2.09. The quantitative estimate of drug-likeness (QED) is 0.721. The Labute approximate surface area is 113 Å². The van der Waals surface area contributed by atoms with E-state index in [0.717, 1.165) is 44.6 Å². The molecule has 0 aromatic heterocycles. The van der Waals surface area contributed by atoms with Crippen LogP contribution >= 0.6 is 0 Å². The summed E-state index contributed by atoms with van der Waals surface area (Å²) in [7, 11) is 0. The molecule has 1 atom stereocenters. The molecule has 0 aliphatic carbocycles. The third-order valence-electron chi connectivity index (χ3n) is 3.40. The molecular formula is C15H32N2O. The van der Waals surface area contributed by atoms with E-state index in [0.29, 0.717) is 6.10 Å². The molecule has 0 spiro atoms. The summed E-state index contributed by atoms with van der Waals surface area (Å²) in [6, 6.07) is 0. The SMILES string of the molecule is CC(C)CCCN1CCO[C@H](CNCC(C)C)C1. The number of rotatable bonds is 8. The summed E-state index contributed by atoms with van der Waals surface area (Å²) in [6.07, 6.45) is 3.05. The van der Waals surface area contributed by atoms with Crippen LogP contribution in [0.15, 0.2) is 0 Å². The van der Waals surface area contributed by atoms with Crippen LogP contribution in [-0.2, 0) is 4.74 Å². The maximum absolute atomic E-state index is 5.81. The first-order valence-corrected chi connectivity index (χ1v) is 7.62. The second-order valence-electron chi connectivity index (χ2n) is 6.38. The Kier molecular flexibility index (Phi) is 7.87. The molecule has 3 heteroatoms. The highest BCUT2D eigenvalue weighted by molar-refractivity contribution is 4.73. The Bertz CT molecular complexity index is 187. The number of hydrogen-bond donors (Lipinski definition) is 1. The first-order valence-electron chi connectivity index (χ1n) is 7.62. The van der Waals surface area contributed by atoms with Gasteiger partial charge in [-0.3, -0.25) is 4.90 Å². The fourth-order valence-electron chi connectivity index (χ4n) is 2.36. The van der Waals surface area contributed by atoms with Crippen LogP contribution < -0.4 is 5.32 Å². The number of nitrogens with one attached hydrogen (secondary N) is 1. The third-order valence-corrected chi connectivity index (χ3v) is 3.40. The molecule has 0 aromatic rings. The van der Waals surface area contributed by atoms with Crippen molar-refractivity contribution < 1.29 is 4.74 Å². The van der Waals surface area contributed by atoms with Gasteiger partial charge in [-0.2, -0.15) is 0 Å². The topological polar surface area (TPSA) is 24.5 Å². The van der Waals surface area contributed by atoms with Gasteiger partial charge in [0.2, 0.25) is 0 Å². The Morgan fingerprint density at radius 1 is 1.22 bits per heavy atom. The molecule has 1 rings (SSSR count). The number of hydrogen-bond acceptors (Lipinski definition) is 3. The number of morpholine rings is 1. The Hall–Kier alpha value is -0.120. The summed E-state index contributed by atoms with van der Waals surface area (Å²) in [5.74, 6) is 1.55. The van der Waals surface area contributed by atoms with Crippen LogP contribution in [0.25, 0.3) is 0 Å². The van der Waals surface area contributed by atoms with Crippen LogP contribution in [0.1, 0.15) is 40.5 Å². The molecule has 0 amide bonds. The van der Waals surface area contributed by atoms with Crippen molar-refractivity contribution in [2.75, 3.05) is 39.3 Å². The van der Waals surface area contributed by atoms with Gasteiger partial charge in [0.1, 0.15) is 0 Å². The average molecular weight is 256 g/mol. The average Bonchev–Trinajstić information content (AvgIpc) is 2.28. The summed E-state index contributed by atoms with van der Waals surface area (Å²) in [6.45, 7) is 15.5. The standard InChI is InChI=1S/C15H32N2O/c1-13(2)6-5-7-17-8-9-18-15(12-17)11-16-10-14(3)4/h13-16H,5-12H2,1-4H3/t15-/m1/s1. The zero-order valence-electron chi connectivity index (χ0n) is 12.7. The normalized spacial score (nSPS) is 22.0. The predicted octanol–water partition coefficient (Wildman–Crippen LogP) is 2.37. The van der Waals surface area contributed by atoms with Crippen LogP contribution in [0.4, 0.5) is 0 Å². The Morgan fingerprint density at radius 2 is 2.00 bits per heavy atom. The lowest BCUT2D eigenvalue weighted by Crippen LogP contribution is -2.47. The smallest absolute Gasteiger partial charge is 0.0826 e. The summed E-state index contributed by atoms with van der Waals surface area (Å²) in [5, 5.41) is 3.50. The van der Waals surface area contributed by atoms with Crippen molar-refractivity contribution in [1.82, 2.24) is 10.2 Å². The summed E-state index contributed by atoms with van der Waals surface area (Å²) in [5.41, 5.74) is 0. The van der Waals surface area contributed by atoms with Gasteiger partial charge in [0, 0.05) is 19.6 Å². The molecule has 1 heterocycles. The van der Waals surface area contributed by atoms with E-state index < -0.39 is 0 Å². The van der Waals surface area contributed by atoms with Crippen molar-refractivity contribution in [3.05, 3.63) is 0 Å². The predicted molar refractivity (Wildman–Crippen MR) is 78.0 cm³/mol. The molecular weight excluding hydrogens is 224 g/mol. The molecule has 0 bridgehead atoms. The summed E-state index contributed by atoms with van der Waals surface area (Å²) >= 11 is 0. The first kappa shape index (κ1) is 15.9. The van der Waals surface area contributed by atoms with Crippen molar-refractivity contribution in [3.63, 3.8) is 0 Å². The van der Waals surface area contributed by atoms with Gasteiger partial charge in [0.25, 0.3) is 0 Å². The van der Waals surface area contributed by atoms with Gasteiger partial charge < -0.3 is 10.1 Å². The lowest BCUT2D eigenvalue weighted by atomic mass is 10.1. The van der Waals surface area contributed by atoms with E-state index in [1.165, 1.54) is 19.4 Å². The van der Waals surface area contributed by atoms with Crippen LogP contribution in [0.5, 0.6) is 0 Å². The largest absolute Gasteiger partial charge is 0.374 e. The second kappa shape index (κ2) is 8.89. The molecule has 0 saturated carbocycles. The molecule has 3 nitrogen and oxygen atoms in total. The molecule has 1 saturated heterocycles. The van der Waals surface area contributed by atoms with Gasteiger partial charge >= 0.3 is 0 Å². The maximum Gasteiger partial charge on any atom is 0.0826 e. The van der Waals surface area contributed by atoms with E-state index in [9.17, 15) is 0 Å². The van der Waals surface area contributed by atoms with Crippen LogP contribution in [-0.4, -0.2) is 50.3 Å². The van der Waals surface area contributed by atoms with E-state index in [-0.39, 0.29) is 0 Å². The molecule has 1 aliphatic heterocycles.